The van der Waals surface area contributed by atoms with Crippen LogP contribution in [-0.4, -0.2) is 15.9 Å². The first-order valence-corrected chi connectivity index (χ1v) is 6.10. The van der Waals surface area contributed by atoms with Gasteiger partial charge in [-0.05, 0) is 24.3 Å². The molecule has 1 amide bonds. The number of rotatable bonds is 3. The first-order chi connectivity index (χ1) is 9.75. The van der Waals surface area contributed by atoms with Gasteiger partial charge in [-0.2, -0.15) is 0 Å². The Kier molecular flexibility index (Phi) is 3.01. The number of primary amides is 1. The third-order valence-electron chi connectivity index (χ3n) is 3.01. The molecule has 0 aliphatic rings. The summed E-state index contributed by atoms with van der Waals surface area (Å²) >= 11 is 0. The predicted molar refractivity (Wildman–Crippen MR) is 77.8 cm³/mol. The predicted octanol–water partition coefficient (Wildman–Crippen LogP) is 2.47. The van der Waals surface area contributed by atoms with Crippen molar-refractivity contribution in [2.75, 3.05) is 5.32 Å². The maximum absolute atomic E-state index is 11.4. The Balaban J connectivity index is 2.08. The molecule has 5 nitrogen and oxygen atoms in total. The molecule has 0 radical (unpaired) electrons. The molecule has 0 saturated carbocycles. The lowest BCUT2D eigenvalue weighted by Gasteiger charge is -2.11. The molecule has 0 saturated heterocycles. The van der Waals surface area contributed by atoms with E-state index in [0.29, 0.717) is 11.4 Å². The van der Waals surface area contributed by atoms with Crippen molar-refractivity contribution in [2.45, 2.75) is 0 Å². The molecule has 0 fully saturated rings. The van der Waals surface area contributed by atoms with Crippen LogP contribution in [0.3, 0.4) is 0 Å². The molecule has 0 aliphatic carbocycles. The number of amides is 1. The second-order valence-corrected chi connectivity index (χ2v) is 4.29. The van der Waals surface area contributed by atoms with Crippen molar-refractivity contribution < 1.29 is 4.79 Å². The summed E-state index contributed by atoms with van der Waals surface area (Å²) in [4.78, 5) is 19.7. The van der Waals surface area contributed by atoms with Crippen LogP contribution < -0.4 is 11.1 Å². The number of pyridine rings is 2. The van der Waals surface area contributed by atoms with Crippen LogP contribution in [0.5, 0.6) is 0 Å². The van der Waals surface area contributed by atoms with Gasteiger partial charge in [-0.15, -0.1) is 0 Å². The molecule has 20 heavy (non-hydrogen) atoms. The molecule has 3 aromatic rings. The summed E-state index contributed by atoms with van der Waals surface area (Å²) in [7, 11) is 0. The third-order valence-corrected chi connectivity index (χ3v) is 3.01. The van der Waals surface area contributed by atoms with Crippen LogP contribution in [0.2, 0.25) is 0 Å². The van der Waals surface area contributed by atoms with E-state index in [-0.39, 0.29) is 0 Å². The Morgan fingerprint density at radius 2 is 2.00 bits per heavy atom. The summed E-state index contributed by atoms with van der Waals surface area (Å²) in [6.07, 6.45) is 5.12. The van der Waals surface area contributed by atoms with Gasteiger partial charge < -0.3 is 11.1 Å². The Morgan fingerprint density at radius 3 is 2.85 bits per heavy atom. The number of nitrogens with two attached hydrogens (primary N) is 1. The molecular formula is C15H12N4O. The number of anilines is 2. The van der Waals surface area contributed by atoms with E-state index in [1.54, 1.807) is 30.7 Å². The summed E-state index contributed by atoms with van der Waals surface area (Å²) in [6.45, 7) is 0. The molecule has 5 heteroatoms. The molecule has 3 rings (SSSR count). The van der Waals surface area contributed by atoms with E-state index in [9.17, 15) is 4.79 Å². The lowest BCUT2D eigenvalue weighted by Crippen LogP contribution is -2.14. The summed E-state index contributed by atoms with van der Waals surface area (Å²) in [5.41, 5.74) is 6.56. The molecular weight excluding hydrogens is 252 g/mol. The highest BCUT2D eigenvalue weighted by Gasteiger charge is 2.10. The fourth-order valence-electron chi connectivity index (χ4n) is 2.06. The summed E-state index contributed by atoms with van der Waals surface area (Å²) < 4.78 is 0. The molecule has 0 aliphatic heterocycles. The van der Waals surface area contributed by atoms with Crippen LogP contribution in [0.1, 0.15) is 10.4 Å². The lowest BCUT2D eigenvalue weighted by molar-refractivity contribution is 0.100. The van der Waals surface area contributed by atoms with E-state index in [4.69, 9.17) is 5.73 Å². The Labute approximate surface area is 115 Å². The molecule has 0 unspecified atom stereocenters. The number of fused-ring (bicyclic) bond motifs is 1. The van der Waals surface area contributed by atoms with Crippen molar-refractivity contribution in [1.82, 2.24) is 9.97 Å². The third kappa shape index (κ3) is 2.16. The van der Waals surface area contributed by atoms with Crippen LogP contribution >= 0.6 is 0 Å². The van der Waals surface area contributed by atoms with Gasteiger partial charge in [0.2, 0.25) is 0 Å². The van der Waals surface area contributed by atoms with Crippen molar-refractivity contribution in [3.05, 3.63) is 60.6 Å². The number of carbonyl (C=O) groups excluding carboxylic acids is 1. The summed E-state index contributed by atoms with van der Waals surface area (Å²) in [6, 6.07) is 11.0. The minimum absolute atomic E-state index is 0.360. The quantitative estimate of drug-likeness (QED) is 0.761. The highest BCUT2D eigenvalue weighted by Crippen LogP contribution is 2.26. The van der Waals surface area contributed by atoms with Crippen molar-refractivity contribution >= 4 is 28.2 Å². The molecule has 0 atom stereocenters. The lowest BCUT2D eigenvalue weighted by atomic mass is 10.1. The average Bonchev–Trinajstić information content (AvgIpc) is 2.48. The van der Waals surface area contributed by atoms with E-state index >= 15 is 0 Å². The standard InChI is InChI=1S/C15H12N4O/c16-14(20)12-4-2-7-18-15(12)19-13-5-1-3-10-9-17-8-6-11(10)13/h1-9H,(H2,16,20)(H,18,19). The smallest absolute Gasteiger partial charge is 0.252 e. The van der Waals surface area contributed by atoms with E-state index in [0.717, 1.165) is 16.5 Å². The summed E-state index contributed by atoms with van der Waals surface area (Å²) in [5, 5.41) is 5.17. The number of carbonyl (C=O) groups is 1. The Bertz CT molecular complexity index is 780. The van der Waals surface area contributed by atoms with Crippen LogP contribution in [-0.2, 0) is 0 Å². The van der Waals surface area contributed by atoms with E-state index < -0.39 is 5.91 Å². The molecule has 98 valence electrons. The highest BCUT2D eigenvalue weighted by molar-refractivity contribution is 6.00. The van der Waals surface area contributed by atoms with Crippen LogP contribution in [0.25, 0.3) is 10.8 Å². The molecule has 0 spiro atoms. The Hall–Kier alpha value is -2.95. The van der Waals surface area contributed by atoms with E-state index in [2.05, 4.69) is 15.3 Å². The second kappa shape index (κ2) is 4.97. The van der Waals surface area contributed by atoms with Gasteiger partial charge >= 0.3 is 0 Å². The number of benzene rings is 1. The number of nitrogens with zero attached hydrogens (tertiary/aromatic N) is 2. The maximum Gasteiger partial charge on any atom is 0.252 e. The van der Waals surface area contributed by atoms with Gasteiger partial charge in [0.15, 0.2) is 0 Å². The molecule has 0 bridgehead atoms. The van der Waals surface area contributed by atoms with E-state index in [1.807, 2.05) is 24.3 Å². The highest BCUT2D eigenvalue weighted by atomic mass is 16.1. The minimum atomic E-state index is -0.512. The van der Waals surface area contributed by atoms with Gasteiger partial charge in [0.05, 0.1) is 5.56 Å². The maximum atomic E-state index is 11.4. The fraction of sp³-hybridized carbons (Fsp3) is 0. The van der Waals surface area contributed by atoms with Crippen molar-refractivity contribution in [3.8, 4) is 0 Å². The van der Waals surface area contributed by atoms with Gasteiger partial charge in [-0.1, -0.05) is 12.1 Å². The second-order valence-electron chi connectivity index (χ2n) is 4.29. The largest absolute Gasteiger partial charge is 0.365 e. The molecule has 3 N–H and O–H groups in total. The van der Waals surface area contributed by atoms with Crippen LogP contribution in [0.15, 0.2) is 55.0 Å². The van der Waals surface area contributed by atoms with Gasteiger partial charge in [0.1, 0.15) is 5.82 Å². The SMILES string of the molecule is NC(=O)c1cccnc1Nc1cccc2cnccc12. The zero-order valence-corrected chi connectivity index (χ0v) is 10.6. The fourth-order valence-corrected chi connectivity index (χ4v) is 2.06. The first kappa shape index (κ1) is 12.1. The first-order valence-electron chi connectivity index (χ1n) is 6.10. The van der Waals surface area contributed by atoms with Gasteiger partial charge in [-0.3, -0.25) is 9.78 Å². The zero-order valence-electron chi connectivity index (χ0n) is 10.6. The monoisotopic (exact) mass is 264 g/mol. The zero-order chi connectivity index (χ0) is 13.9. The van der Waals surface area contributed by atoms with Gasteiger partial charge in [0.25, 0.3) is 5.91 Å². The van der Waals surface area contributed by atoms with Gasteiger partial charge in [0, 0.05) is 35.1 Å². The molecule has 1 aromatic carbocycles. The van der Waals surface area contributed by atoms with Crippen LogP contribution in [0.4, 0.5) is 11.5 Å². The van der Waals surface area contributed by atoms with Crippen molar-refractivity contribution in [2.24, 2.45) is 5.73 Å². The van der Waals surface area contributed by atoms with Crippen molar-refractivity contribution in [1.29, 1.82) is 0 Å². The number of hydrogen-bond donors (Lipinski definition) is 2. The number of aromatic nitrogens is 2. The summed E-state index contributed by atoms with van der Waals surface area (Å²) in [5.74, 6) is -0.0631. The minimum Gasteiger partial charge on any atom is -0.365 e. The normalized spacial score (nSPS) is 10.4. The number of hydrogen-bond acceptors (Lipinski definition) is 4. The van der Waals surface area contributed by atoms with Crippen molar-refractivity contribution in [3.63, 3.8) is 0 Å². The molecule has 2 aromatic heterocycles. The number of nitrogens with one attached hydrogen (secondary N) is 1. The topological polar surface area (TPSA) is 80.9 Å². The van der Waals surface area contributed by atoms with E-state index in [1.165, 1.54) is 0 Å². The Morgan fingerprint density at radius 1 is 1.10 bits per heavy atom. The van der Waals surface area contributed by atoms with Gasteiger partial charge in [-0.25, -0.2) is 4.98 Å². The molecule has 2 heterocycles. The average molecular weight is 264 g/mol. The van der Waals surface area contributed by atoms with Crippen LogP contribution in [0, 0.1) is 0 Å².